The maximum Gasteiger partial charge on any atom is 0.277 e. The molecule has 0 atom stereocenters. The fourth-order valence-corrected chi connectivity index (χ4v) is 2.09. The molecule has 0 fully saturated rings. The van der Waals surface area contributed by atoms with Crippen molar-refractivity contribution in [2.24, 2.45) is 0 Å². The Balaban J connectivity index is 2.15. The van der Waals surface area contributed by atoms with Gasteiger partial charge >= 0.3 is 0 Å². The molecule has 1 heterocycles. The summed E-state index contributed by atoms with van der Waals surface area (Å²) in [6.45, 7) is 0.0610. The van der Waals surface area contributed by atoms with E-state index in [0.29, 0.717) is 15.1 Å². The lowest BCUT2D eigenvalue weighted by atomic mass is 10.2. The SMILES string of the molecule is O=C(c1cc(Cl)cc(Cl)c1)N(O)Cc1ccncc1. The fourth-order valence-electron chi connectivity index (χ4n) is 1.56. The summed E-state index contributed by atoms with van der Waals surface area (Å²) in [6, 6.07) is 7.84. The van der Waals surface area contributed by atoms with E-state index in [4.69, 9.17) is 23.2 Å². The van der Waals surface area contributed by atoms with Crippen LogP contribution in [0.5, 0.6) is 0 Å². The molecule has 2 rings (SSSR count). The van der Waals surface area contributed by atoms with Gasteiger partial charge in [0.05, 0.1) is 6.54 Å². The Bertz CT molecular complexity index is 570. The first-order valence-corrected chi connectivity index (χ1v) is 6.17. The van der Waals surface area contributed by atoms with Crippen LogP contribution in [0, 0.1) is 0 Å². The molecule has 0 radical (unpaired) electrons. The molecule has 1 N–H and O–H groups in total. The van der Waals surface area contributed by atoms with Gasteiger partial charge in [-0.3, -0.25) is 15.0 Å². The summed E-state index contributed by atoms with van der Waals surface area (Å²) in [5.41, 5.74) is 0.994. The average molecular weight is 297 g/mol. The highest BCUT2D eigenvalue weighted by Crippen LogP contribution is 2.20. The van der Waals surface area contributed by atoms with Gasteiger partial charge in [0.1, 0.15) is 0 Å². The lowest BCUT2D eigenvalue weighted by Gasteiger charge is -2.15. The second-order valence-corrected chi connectivity index (χ2v) is 4.75. The van der Waals surface area contributed by atoms with Gasteiger partial charge in [-0.1, -0.05) is 23.2 Å². The second kappa shape index (κ2) is 6.02. The van der Waals surface area contributed by atoms with Gasteiger partial charge in [-0.05, 0) is 35.9 Å². The third kappa shape index (κ3) is 3.67. The molecular weight excluding hydrogens is 287 g/mol. The van der Waals surface area contributed by atoms with Crippen LogP contribution in [-0.2, 0) is 6.54 Å². The summed E-state index contributed by atoms with van der Waals surface area (Å²) in [5, 5.41) is 11.1. The molecule has 0 aliphatic heterocycles. The smallest absolute Gasteiger partial charge is 0.277 e. The van der Waals surface area contributed by atoms with Crippen LogP contribution in [0.1, 0.15) is 15.9 Å². The van der Waals surface area contributed by atoms with Crippen molar-refractivity contribution in [3.63, 3.8) is 0 Å². The molecule has 0 spiro atoms. The third-order valence-corrected chi connectivity index (χ3v) is 2.86. The predicted molar refractivity (Wildman–Crippen MR) is 72.4 cm³/mol. The van der Waals surface area contributed by atoms with E-state index in [1.165, 1.54) is 18.2 Å². The molecule has 1 amide bonds. The summed E-state index contributed by atoms with van der Waals surface area (Å²) in [7, 11) is 0. The van der Waals surface area contributed by atoms with Gasteiger partial charge in [0, 0.05) is 28.0 Å². The Morgan fingerprint density at radius 3 is 2.32 bits per heavy atom. The van der Waals surface area contributed by atoms with Crippen LogP contribution in [0.25, 0.3) is 0 Å². The number of hydrogen-bond acceptors (Lipinski definition) is 3. The van der Waals surface area contributed by atoms with Crippen LogP contribution in [0.4, 0.5) is 0 Å². The highest BCUT2D eigenvalue weighted by Gasteiger charge is 2.15. The van der Waals surface area contributed by atoms with E-state index in [0.717, 1.165) is 5.56 Å². The minimum absolute atomic E-state index is 0.0610. The van der Waals surface area contributed by atoms with Crippen molar-refractivity contribution >= 4 is 29.1 Å². The molecule has 0 saturated carbocycles. The Morgan fingerprint density at radius 1 is 1.16 bits per heavy atom. The number of rotatable bonds is 3. The maximum absolute atomic E-state index is 12.0. The number of amides is 1. The molecule has 19 heavy (non-hydrogen) atoms. The monoisotopic (exact) mass is 296 g/mol. The molecule has 0 bridgehead atoms. The maximum atomic E-state index is 12.0. The number of aromatic nitrogens is 1. The summed E-state index contributed by atoms with van der Waals surface area (Å²) in [6.07, 6.45) is 3.17. The number of hydroxylamine groups is 2. The quantitative estimate of drug-likeness (QED) is 0.697. The van der Waals surface area contributed by atoms with E-state index in [1.807, 2.05) is 0 Å². The topological polar surface area (TPSA) is 53.4 Å². The normalized spacial score (nSPS) is 10.3. The molecule has 0 saturated heterocycles. The van der Waals surface area contributed by atoms with Crippen LogP contribution in [-0.4, -0.2) is 21.2 Å². The molecule has 0 aliphatic carbocycles. The Labute approximate surface area is 120 Å². The van der Waals surface area contributed by atoms with E-state index >= 15 is 0 Å². The summed E-state index contributed by atoms with van der Waals surface area (Å²) in [4.78, 5) is 15.9. The molecule has 0 aliphatic rings. The van der Waals surface area contributed by atoms with Gasteiger partial charge in [-0.25, -0.2) is 5.06 Å². The molecule has 0 unspecified atom stereocenters. The number of halogens is 2. The molecule has 2 aromatic rings. The van der Waals surface area contributed by atoms with E-state index in [-0.39, 0.29) is 12.1 Å². The number of benzene rings is 1. The number of nitrogens with zero attached hydrogens (tertiary/aromatic N) is 2. The van der Waals surface area contributed by atoms with Crippen molar-refractivity contribution in [1.29, 1.82) is 0 Å². The first-order valence-electron chi connectivity index (χ1n) is 5.42. The molecule has 6 heteroatoms. The highest BCUT2D eigenvalue weighted by atomic mass is 35.5. The van der Waals surface area contributed by atoms with E-state index in [1.54, 1.807) is 24.5 Å². The van der Waals surface area contributed by atoms with Crippen molar-refractivity contribution in [3.05, 3.63) is 63.9 Å². The van der Waals surface area contributed by atoms with E-state index in [2.05, 4.69) is 4.98 Å². The van der Waals surface area contributed by atoms with Gasteiger partial charge in [-0.2, -0.15) is 0 Å². The van der Waals surface area contributed by atoms with Crippen molar-refractivity contribution in [3.8, 4) is 0 Å². The zero-order chi connectivity index (χ0) is 13.8. The standard InChI is InChI=1S/C13H10Cl2N2O2/c14-11-5-10(6-12(15)7-11)13(18)17(19)8-9-1-3-16-4-2-9/h1-7,19H,8H2. The van der Waals surface area contributed by atoms with Crippen molar-refractivity contribution in [2.75, 3.05) is 0 Å². The van der Waals surface area contributed by atoms with Crippen LogP contribution >= 0.6 is 23.2 Å². The Morgan fingerprint density at radius 2 is 1.74 bits per heavy atom. The molecular formula is C13H10Cl2N2O2. The summed E-state index contributed by atoms with van der Waals surface area (Å²) < 4.78 is 0. The van der Waals surface area contributed by atoms with Gasteiger partial charge in [0.15, 0.2) is 0 Å². The highest BCUT2D eigenvalue weighted by molar-refractivity contribution is 6.35. The largest absolute Gasteiger partial charge is 0.285 e. The van der Waals surface area contributed by atoms with Crippen molar-refractivity contribution in [1.82, 2.24) is 10.0 Å². The van der Waals surface area contributed by atoms with Gasteiger partial charge < -0.3 is 0 Å². The zero-order valence-electron chi connectivity index (χ0n) is 9.75. The fraction of sp³-hybridized carbons (Fsp3) is 0.0769. The third-order valence-electron chi connectivity index (χ3n) is 2.43. The number of pyridine rings is 1. The summed E-state index contributed by atoms with van der Waals surface area (Å²) in [5.74, 6) is -0.568. The van der Waals surface area contributed by atoms with Crippen LogP contribution in [0.15, 0.2) is 42.7 Å². The minimum atomic E-state index is -0.568. The lowest BCUT2D eigenvalue weighted by Crippen LogP contribution is -2.26. The lowest BCUT2D eigenvalue weighted by molar-refractivity contribution is -0.0648. The zero-order valence-corrected chi connectivity index (χ0v) is 11.3. The Kier molecular flexibility index (Phi) is 4.37. The molecule has 98 valence electrons. The number of hydrogen-bond donors (Lipinski definition) is 1. The molecule has 1 aromatic heterocycles. The Hall–Kier alpha value is -1.62. The van der Waals surface area contributed by atoms with Gasteiger partial charge in [0.2, 0.25) is 0 Å². The van der Waals surface area contributed by atoms with E-state index in [9.17, 15) is 10.0 Å². The first kappa shape index (κ1) is 13.8. The minimum Gasteiger partial charge on any atom is -0.285 e. The van der Waals surface area contributed by atoms with Crippen LogP contribution in [0.3, 0.4) is 0 Å². The van der Waals surface area contributed by atoms with Gasteiger partial charge in [0.25, 0.3) is 5.91 Å². The predicted octanol–water partition coefficient (Wildman–Crippen LogP) is 3.42. The van der Waals surface area contributed by atoms with Crippen molar-refractivity contribution in [2.45, 2.75) is 6.54 Å². The van der Waals surface area contributed by atoms with Crippen molar-refractivity contribution < 1.29 is 10.0 Å². The van der Waals surface area contributed by atoms with Crippen LogP contribution < -0.4 is 0 Å². The first-order chi connectivity index (χ1) is 9.06. The van der Waals surface area contributed by atoms with Crippen LogP contribution in [0.2, 0.25) is 10.0 Å². The molecule has 4 nitrogen and oxygen atoms in total. The number of carbonyl (C=O) groups is 1. The van der Waals surface area contributed by atoms with E-state index < -0.39 is 5.91 Å². The van der Waals surface area contributed by atoms with Gasteiger partial charge in [-0.15, -0.1) is 0 Å². The average Bonchev–Trinajstić information content (AvgIpc) is 2.37. The molecule has 1 aromatic carbocycles. The second-order valence-electron chi connectivity index (χ2n) is 3.88. The number of carbonyl (C=O) groups excluding carboxylic acids is 1. The summed E-state index contributed by atoms with van der Waals surface area (Å²) >= 11 is 11.6.